The number of carbonyl (C=O) groups excluding carboxylic acids is 3. The van der Waals surface area contributed by atoms with Gasteiger partial charge >= 0.3 is 18.2 Å². The van der Waals surface area contributed by atoms with Crippen molar-refractivity contribution in [2.24, 2.45) is 0 Å². The van der Waals surface area contributed by atoms with E-state index in [2.05, 4.69) is 0 Å². The van der Waals surface area contributed by atoms with Crippen molar-refractivity contribution in [1.29, 1.82) is 0 Å². The Balaban J connectivity index is 1.51. The summed E-state index contributed by atoms with van der Waals surface area (Å²) in [6.45, 7) is 1.14. The van der Waals surface area contributed by atoms with Crippen LogP contribution in [0.2, 0.25) is 0 Å². The van der Waals surface area contributed by atoms with Crippen LogP contribution in [0.1, 0.15) is 18.4 Å². The first-order valence-corrected chi connectivity index (χ1v) is 8.58. The second-order valence-electron chi connectivity index (χ2n) is 6.28. The topological polar surface area (TPSA) is 85.4 Å². The highest BCUT2D eigenvalue weighted by molar-refractivity contribution is 5.84. The van der Waals surface area contributed by atoms with Crippen LogP contribution in [0.5, 0.6) is 0 Å². The van der Waals surface area contributed by atoms with Gasteiger partial charge in [-0.15, -0.1) is 0 Å². The normalized spacial score (nSPS) is 20.7. The monoisotopic (exact) mass is 362 g/mol. The van der Waals surface area contributed by atoms with E-state index in [4.69, 9.17) is 14.2 Å². The largest absolute Gasteiger partial charge is 0.467 e. The molecule has 2 aliphatic rings. The number of piperidine rings is 1. The van der Waals surface area contributed by atoms with Gasteiger partial charge in [-0.05, 0) is 18.4 Å². The van der Waals surface area contributed by atoms with Gasteiger partial charge in [-0.2, -0.15) is 0 Å². The van der Waals surface area contributed by atoms with E-state index < -0.39 is 18.1 Å². The van der Waals surface area contributed by atoms with Gasteiger partial charge in [-0.25, -0.2) is 14.4 Å². The summed E-state index contributed by atoms with van der Waals surface area (Å²) in [5.41, 5.74) is 0.927. The van der Waals surface area contributed by atoms with Crippen LogP contribution in [0.4, 0.5) is 9.59 Å². The molecular weight excluding hydrogens is 340 g/mol. The third-order valence-electron chi connectivity index (χ3n) is 4.71. The number of likely N-dealkylation sites (tertiary alicyclic amines) is 1. The third-order valence-corrected chi connectivity index (χ3v) is 4.71. The van der Waals surface area contributed by atoms with Crippen molar-refractivity contribution in [3.05, 3.63) is 35.9 Å². The number of nitrogens with zero attached hydrogens (tertiary/aromatic N) is 2. The molecule has 0 radical (unpaired) electrons. The summed E-state index contributed by atoms with van der Waals surface area (Å²) in [4.78, 5) is 39.1. The van der Waals surface area contributed by atoms with Crippen LogP contribution in [0.3, 0.4) is 0 Å². The molecule has 2 aliphatic heterocycles. The van der Waals surface area contributed by atoms with Crippen molar-refractivity contribution < 1.29 is 28.6 Å². The van der Waals surface area contributed by atoms with Gasteiger partial charge in [0.05, 0.1) is 7.11 Å². The molecule has 0 saturated carbocycles. The molecule has 2 amide bonds. The van der Waals surface area contributed by atoms with Gasteiger partial charge in [0, 0.05) is 19.1 Å². The molecule has 2 saturated heterocycles. The molecule has 3 rings (SSSR count). The van der Waals surface area contributed by atoms with Gasteiger partial charge in [0.1, 0.15) is 13.2 Å². The number of ether oxygens (including phenoxy) is 3. The Morgan fingerprint density at radius 2 is 1.88 bits per heavy atom. The Hall–Kier alpha value is -2.77. The SMILES string of the molecule is COC(=O)[C@H]1COC(=O)N1C1CCN(C(=O)OCc2ccccc2)CC1. The standard InChI is InChI=1S/C18H22N2O6/c1-24-16(21)15-12-26-18(23)20(15)14-7-9-19(10-8-14)17(22)25-11-13-5-3-2-4-6-13/h2-6,14-15H,7-12H2,1H3/t15-/m1/s1. The molecule has 8 nitrogen and oxygen atoms in total. The van der Waals surface area contributed by atoms with E-state index >= 15 is 0 Å². The van der Waals surface area contributed by atoms with Crippen molar-refractivity contribution in [3.63, 3.8) is 0 Å². The molecule has 0 bridgehead atoms. The molecule has 0 unspecified atom stereocenters. The fraction of sp³-hybridized carbons (Fsp3) is 0.500. The van der Waals surface area contributed by atoms with E-state index in [0.29, 0.717) is 25.9 Å². The van der Waals surface area contributed by atoms with Crippen LogP contribution in [-0.4, -0.2) is 66.8 Å². The summed E-state index contributed by atoms with van der Waals surface area (Å²) >= 11 is 0. The lowest BCUT2D eigenvalue weighted by Crippen LogP contribution is -2.52. The van der Waals surface area contributed by atoms with Crippen LogP contribution in [0.15, 0.2) is 30.3 Å². The van der Waals surface area contributed by atoms with Crippen LogP contribution < -0.4 is 0 Å². The van der Waals surface area contributed by atoms with E-state index in [0.717, 1.165) is 5.56 Å². The highest BCUT2D eigenvalue weighted by Gasteiger charge is 2.44. The lowest BCUT2D eigenvalue weighted by Gasteiger charge is -2.36. The number of benzene rings is 1. The molecule has 2 fully saturated rings. The third kappa shape index (κ3) is 3.89. The molecule has 140 valence electrons. The predicted octanol–water partition coefficient (Wildman–Crippen LogP) is 1.78. The van der Waals surface area contributed by atoms with Crippen molar-refractivity contribution in [1.82, 2.24) is 9.80 Å². The fourth-order valence-corrected chi connectivity index (χ4v) is 3.29. The fourth-order valence-electron chi connectivity index (χ4n) is 3.29. The van der Waals surface area contributed by atoms with E-state index in [1.807, 2.05) is 30.3 Å². The Bertz CT molecular complexity index is 657. The van der Waals surface area contributed by atoms with E-state index in [1.54, 1.807) is 4.90 Å². The van der Waals surface area contributed by atoms with Crippen molar-refractivity contribution >= 4 is 18.2 Å². The van der Waals surface area contributed by atoms with Crippen LogP contribution in [0, 0.1) is 0 Å². The van der Waals surface area contributed by atoms with Crippen LogP contribution >= 0.6 is 0 Å². The first-order chi connectivity index (χ1) is 12.6. The first-order valence-electron chi connectivity index (χ1n) is 8.58. The molecule has 1 aromatic rings. The maximum absolute atomic E-state index is 12.2. The average molecular weight is 362 g/mol. The Morgan fingerprint density at radius 1 is 1.19 bits per heavy atom. The summed E-state index contributed by atoms with van der Waals surface area (Å²) in [7, 11) is 1.29. The van der Waals surface area contributed by atoms with Gasteiger partial charge < -0.3 is 19.1 Å². The Labute approximate surface area is 151 Å². The van der Waals surface area contributed by atoms with Crippen molar-refractivity contribution in [2.45, 2.75) is 31.5 Å². The summed E-state index contributed by atoms with van der Waals surface area (Å²) in [5.74, 6) is -0.486. The van der Waals surface area contributed by atoms with Gasteiger partial charge in [-0.1, -0.05) is 30.3 Å². The number of hydrogen-bond acceptors (Lipinski definition) is 6. The smallest absolute Gasteiger partial charge is 0.410 e. The zero-order valence-electron chi connectivity index (χ0n) is 14.6. The number of carbonyl (C=O) groups is 3. The second-order valence-corrected chi connectivity index (χ2v) is 6.28. The van der Waals surface area contributed by atoms with E-state index in [1.165, 1.54) is 12.0 Å². The average Bonchev–Trinajstić information content (AvgIpc) is 3.08. The first kappa shape index (κ1) is 18.0. The zero-order valence-corrected chi connectivity index (χ0v) is 14.6. The molecule has 1 aromatic carbocycles. The highest BCUT2D eigenvalue weighted by atomic mass is 16.6. The van der Waals surface area contributed by atoms with Crippen LogP contribution in [-0.2, 0) is 25.6 Å². The summed E-state index contributed by atoms with van der Waals surface area (Å²) < 4.78 is 15.1. The molecule has 1 atom stereocenters. The number of cyclic esters (lactones) is 1. The Kier molecular flexibility index (Phi) is 5.60. The van der Waals surface area contributed by atoms with Crippen molar-refractivity contribution in [2.75, 3.05) is 26.8 Å². The Morgan fingerprint density at radius 3 is 2.54 bits per heavy atom. The van der Waals surface area contributed by atoms with Gasteiger partial charge in [0.2, 0.25) is 0 Å². The number of methoxy groups -OCH3 is 1. The minimum absolute atomic E-state index is 0.00480. The number of hydrogen-bond donors (Lipinski definition) is 0. The van der Waals surface area contributed by atoms with E-state index in [9.17, 15) is 14.4 Å². The maximum atomic E-state index is 12.2. The lowest BCUT2D eigenvalue weighted by molar-refractivity contribution is -0.146. The minimum atomic E-state index is -0.714. The van der Waals surface area contributed by atoms with Crippen LogP contribution in [0.25, 0.3) is 0 Å². The summed E-state index contributed by atoms with van der Waals surface area (Å²) in [6, 6.07) is 8.60. The second kappa shape index (κ2) is 8.07. The highest BCUT2D eigenvalue weighted by Crippen LogP contribution is 2.25. The molecular formula is C18H22N2O6. The van der Waals surface area contributed by atoms with Gasteiger partial charge in [-0.3, -0.25) is 4.90 Å². The number of amides is 2. The number of rotatable bonds is 4. The predicted molar refractivity (Wildman–Crippen MR) is 90.2 cm³/mol. The lowest BCUT2D eigenvalue weighted by atomic mass is 10.0. The van der Waals surface area contributed by atoms with Gasteiger partial charge in [0.25, 0.3) is 0 Å². The van der Waals surface area contributed by atoms with Crippen molar-refractivity contribution in [3.8, 4) is 0 Å². The minimum Gasteiger partial charge on any atom is -0.467 e. The number of esters is 1. The molecule has 0 N–H and O–H groups in total. The quantitative estimate of drug-likeness (QED) is 0.600. The summed E-state index contributed by atoms with van der Waals surface area (Å²) in [6.07, 6.45) is 0.234. The van der Waals surface area contributed by atoms with Gasteiger partial charge in [0.15, 0.2) is 6.04 Å². The molecule has 0 aliphatic carbocycles. The maximum Gasteiger partial charge on any atom is 0.410 e. The molecule has 2 heterocycles. The summed E-state index contributed by atoms with van der Waals surface area (Å²) in [5, 5.41) is 0. The van der Waals surface area contributed by atoms with E-state index in [-0.39, 0.29) is 25.3 Å². The molecule has 0 aromatic heterocycles. The molecule has 0 spiro atoms. The molecule has 8 heteroatoms. The molecule has 26 heavy (non-hydrogen) atoms. The zero-order chi connectivity index (χ0) is 18.5.